The number of carbonyl (C=O) groups excluding carboxylic acids is 1. The molecule has 2 saturated heterocycles. The zero-order chi connectivity index (χ0) is 26.6. The summed E-state index contributed by atoms with van der Waals surface area (Å²) in [5.41, 5.74) is 2.83. The fourth-order valence-corrected chi connectivity index (χ4v) is 5.71. The van der Waals surface area contributed by atoms with Gasteiger partial charge in [0.25, 0.3) is 5.91 Å². The molecule has 6 rings (SSSR count). The van der Waals surface area contributed by atoms with Gasteiger partial charge in [0.1, 0.15) is 11.5 Å². The van der Waals surface area contributed by atoms with Gasteiger partial charge in [0.05, 0.1) is 17.5 Å². The van der Waals surface area contributed by atoms with Gasteiger partial charge in [0.15, 0.2) is 11.5 Å². The number of piperazine rings is 1. The number of likely N-dealkylation sites (tertiary alicyclic amines) is 1. The van der Waals surface area contributed by atoms with Crippen molar-refractivity contribution in [1.29, 1.82) is 0 Å². The Labute approximate surface area is 219 Å². The number of nitrogens with one attached hydrogen (secondary N) is 1. The first-order valence-electron chi connectivity index (χ1n) is 12.9. The van der Waals surface area contributed by atoms with Crippen LogP contribution in [0.1, 0.15) is 48.7 Å². The van der Waals surface area contributed by atoms with Crippen molar-refractivity contribution in [2.45, 2.75) is 44.7 Å². The van der Waals surface area contributed by atoms with Crippen LogP contribution in [0.15, 0.2) is 36.8 Å². The average Bonchev–Trinajstić information content (AvgIpc) is 3.32. The number of nitrogens with zero attached hydrogens (tertiary/aromatic N) is 8. The Morgan fingerprint density at radius 2 is 1.82 bits per heavy atom. The number of rotatable bonds is 5. The van der Waals surface area contributed by atoms with E-state index in [1.54, 1.807) is 24.5 Å². The van der Waals surface area contributed by atoms with E-state index in [0.717, 1.165) is 43.2 Å². The summed E-state index contributed by atoms with van der Waals surface area (Å²) in [7, 11) is 4.02. The summed E-state index contributed by atoms with van der Waals surface area (Å²) in [4.78, 5) is 34.7. The van der Waals surface area contributed by atoms with Crippen LogP contribution in [-0.4, -0.2) is 77.6 Å². The zero-order valence-corrected chi connectivity index (χ0v) is 21.9. The maximum absolute atomic E-state index is 14.8. The summed E-state index contributed by atoms with van der Waals surface area (Å²) in [5, 5.41) is 8.34. The summed E-state index contributed by atoms with van der Waals surface area (Å²) in [5.74, 6) is 0.316. The molecule has 1 amide bonds. The van der Waals surface area contributed by atoms with Gasteiger partial charge in [0.2, 0.25) is 5.95 Å². The van der Waals surface area contributed by atoms with Gasteiger partial charge in [-0.3, -0.25) is 14.4 Å². The van der Waals surface area contributed by atoms with Crippen LogP contribution in [0.2, 0.25) is 0 Å². The molecule has 0 radical (unpaired) electrons. The fourth-order valence-electron chi connectivity index (χ4n) is 5.71. The minimum absolute atomic E-state index is 0.00608. The van der Waals surface area contributed by atoms with Crippen LogP contribution in [0, 0.1) is 5.82 Å². The number of carbonyl (C=O) groups is 1. The van der Waals surface area contributed by atoms with Crippen molar-refractivity contribution in [3.8, 4) is 11.3 Å². The molecular formula is C27H30FN9O. The van der Waals surface area contributed by atoms with E-state index in [1.165, 1.54) is 0 Å². The van der Waals surface area contributed by atoms with Gasteiger partial charge in [-0.2, -0.15) is 5.10 Å². The average molecular weight is 516 g/mol. The van der Waals surface area contributed by atoms with Crippen molar-refractivity contribution >= 4 is 28.7 Å². The fraction of sp³-hybridized carbons (Fsp3) is 0.407. The van der Waals surface area contributed by atoms with Crippen molar-refractivity contribution in [1.82, 2.24) is 39.5 Å². The van der Waals surface area contributed by atoms with E-state index in [9.17, 15) is 9.18 Å². The van der Waals surface area contributed by atoms with Gasteiger partial charge in [-0.1, -0.05) is 13.8 Å². The molecule has 0 spiro atoms. The quantitative estimate of drug-likeness (QED) is 0.429. The molecule has 0 aliphatic carbocycles. The number of hydrogen-bond acceptors (Lipinski definition) is 8. The first-order valence-corrected chi connectivity index (χ1v) is 12.9. The summed E-state index contributed by atoms with van der Waals surface area (Å²) >= 11 is 0. The van der Waals surface area contributed by atoms with Gasteiger partial charge in [-0.25, -0.2) is 24.3 Å². The van der Waals surface area contributed by atoms with Crippen LogP contribution in [0.4, 0.5) is 16.2 Å². The highest BCUT2D eigenvalue weighted by Gasteiger charge is 2.39. The Morgan fingerprint density at radius 1 is 1.05 bits per heavy atom. The summed E-state index contributed by atoms with van der Waals surface area (Å²) in [6.45, 7) is 5.65. The standard InChI is InChI=1S/C27H30FN9O/c1-15(2)24-20-9-17(11-30-25(20)34-36(24)4)23-21(28)12-31-27(33-23)32-22-8-5-16(10-29-22)26(38)37-13-18-6-7-19(14-37)35(18)3/h5,8-12,15,18-19H,6-7,13-14H2,1-4H3,(H,29,31,32,33). The second-order valence-electron chi connectivity index (χ2n) is 10.5. The third kappa shape index (κ3) is 4.26. The number of likely N-dealkylation sites (N-methyl/N-ethyl adjacent to an activating group) is 1. The molecule has 0 aromatic carbocycles. The van der Waals surface area contributed by atoms with E-state index in [-0.39, 0.29) is 23.5 Å². The topological polar surface area (TPSA) is 105 Å². The summed E-state index contributed by atoms with van der Waals surface area (Å²) in [6, 6.07) is 6.19. The van der Waals surface area contributed by atoms with Crippen molar-refractivity contribution < 1.29 is 9.18 Å². The number of pyridine rings is 2. The lowest BCUT2D eigenvalue weighted by Gasteiger charge is -2.38. The number of amides is 1. The van der Waals surface area contributed by atoms with Gasteiger partial charge in [0, 0.05) is 55.6 Å². The van der Waals surface area contributed by atoms with Crippen LogP contribution >= 0.6 is 0 Å². The lowest BCUT2D eigenvalue weighted by molar-refractivity contribution is 0.0523. The Bertz CT molecular complexity index is 1500. The largest absolute Gasteiger partial charge is 0.335 e. The molecule has 2 unspecified atom stereocenters. The van der Waals surface area contributed by atoms with E-state index < -0.39 is 5.82 Å². The molecule has 11 heteroatoms. The number of hydrogen-bond donors (Lipinski definition) is 1. The Morgan fingerprint density at radius 3 is 2.50 bits per heavy atom. The molecule has 2 fully saturated rings. The molecule has 196 valence electrons. The number of aromatic nitrogens is 6. The van der Waals surface area contributed by atoms with Crippen LogP contribution in [-0.2, 0) is 7.05 Å². The molecule has 1 N–H and O–H groups in total. The Hall–Kier alpha value is -3.99. The van der Waals surface area contributed by atoms with Crippen LogP contribution in [0.5, 0.6) is 0 Å². The summed E-state index contributed by atoms with van der Waals surface area (Å²) < 4.78 is 16.6. The molecule has 6 heterocycles. The number of aryl methyl sites for hydroxylation is 1. The number of anilines is 2. The maximum Gasteiger partial charge on any atom is 0.255 e. The minimum Gasteiger partial charge on any atom is -0.335 e. The first-order chi connectivity index (χ1) is 18.3. The lowest BCUT2D eigenvalue weighted by atomic mass is 10.1. The lowest BCUT2D eigenvalue weighted by Crippen LogP contribution is -2.53. The van der Waals surface area contributed by atoms with Crippen LogP contribution in [0.25, 0.3) is 22.3 Å². The smallest absolute Gasteiger partial charge is 0.255 e. The van der Waals surface area contributed by atoms with Crippen LogP contribution in [0.3, 0.4) is 0 Å². The van der Waals surface area contributed by atoms with Gasteiger partial charge < -0.3 is 10.2 Å². The third-order valence-electron chi connectivity index (χ3n) is 7.69. The third-order valence-corrected chi connectivity index (χ3v) is 7.69. The molecule has 2 aliphatic rings. The predicted molar refractivity (Wildman–Crippen MR) is 142 cm³/mol. The van der Waals surface area contributed by atoms with Crippen LogP contribution < -0.4 is 5.32 Å². The monoisotopic (exact) mass is 515 g/mol. The second kappa shape index (κ2) is 9.39. The van der Waals surface area contributed by atoms with E-state index in [1.807, 2.05) is 22.7 Å². The Balaban J connectivity index is 1.21. The number of halogens is 1. The van der Waals surface area contributed by atoms with Crippen molar-refractivity contribution in [2.24, 2.45) is 7.05 Å². The van der Waals surface area contributed by atoms with Crippen molar-refractivity contribution in [2.75, 3.05) is 25.5 Å². The minimum atomic E-state index is -0.554. The predicted octanol–water partition coefficient (Wildman–Crippen LogP) is 3.75. The molecule has 38 heavy (non-hydrogen) atoms. The molecule has 2 bridgehead atoms. The molecule has 2 atom stereocenters. The summed E-state index contributed by atoms with van der Waals surface area (Å²) in [6.07, 6.45) is 6.52. The highest BCUT2D eigenvalue weighted by atomic mass is 19.1. The molecule has 10 nitrogen and oxygen atoms in total. The molecule has 4 aromatic heterocycles. The second-order valence-corrected chi connectivity index (χ2v) is 10.5. The van der Waals surface area contributed by atoms with Gasteiger partial charge >= 0.3 is 0 Å². The van der Waals surface area contributed by atoms with E-state index >= 15 is 0 Å². The first kappa shape index (κ1) is 24.4. The molecular weight excluding hydrogens is 485 g/mol. The van der Waals surface area contributed by atoms with E-state index in [4.69, 9.17) is 0 Å². The number of fused-ring (bicyclic) bond motifs is 3. The van der Waals surface area contributed by atoms with Gasteiger partial charge in [-0.05, 0) is 44.0 Å². The zero-order valence-electron chi connectivity index (χ0n) is 21.9. The SMILES string of the molecule is CC(C)c1c2cc(-c3nc(Nc4ccc(C(=O)N5CC6CCC(C5)N6C)cn4)ncc3F)cnc2nn1C. The highest BCUT2D eigenvalue weighted by Crippen LogP contribution is 2.30. The highest BCUT2D eigenvalue weighted by molar-refractivity contribution is 5.94. The normalized spacial score (nSPS) is 19.5. The molecule has 0 saturated carbocycles. The van der Waals surface area contributed by atoms with Crippen molar-refractivity contribution in [3.05, 3.63) is 53.9 Å². The van der Waals surface area contributed by atoms with Gasteiger partial charge in [-0.15, -0.1) is 0 Å². The van der Waals surface area contributed by atoms with E-state index in [2.05, 4.69) is 56.1 Å². The Kier molecular flexibility index (Phi) is 6.02. The maximum atomic E-state index is 14.8. The van der Waals surface area contributed by atoms with E-state index in [0.29, 0.717) is 34.7 Å². The van der Waals surface area contributed by atoms with Crippen molar-refractivity contribution in [3.63, 3.8) is 0 Å². The molecule has 4 aromatic rings. The molecule has 2 aliphatic heterocycles.